The van der Waals surface area contributed by atoms with E-state index >= 15 is 0 Å². The summed E-state index contributed by atoms with van der Waals surface area (Å²) in [6.07, 6.45) is -1.92. The molecule has 0 unspecified atom stereocenters. The summed E-state index contributed by atoms with van der Waals surface area (Å²) in [7, 11) is 0. The number of alkyl halides is 3. The molecule has 6 heteroatoms. The molecule has 1 aliphatic carbocycles. The molecule has 1 heterocycles. The Bertz CT molecular complexity index is 523. The van der Waals surface area contributed by atoms with Gasteiger partial charge in [0.2, 0.25) is 5.91 Å². The van der Waals surface area contributed by atoms with Crippen molar-refractivity contribution in [3.05, 3.63) is 23.8 Å². The number of benzene rings is 1. The number of carbonyl (C=O) groups excluding carboxylic acids is 1. The Hall–Kier alpha value is -1.17. The van der Waals surface area contributed by atoms with E-state index in [1.54, 1.807) is 0 Å². The Morgan fingerprint density at radius 3 is 2.56 bits per heavy atom. The molecule has 2 nitrogen and oxygen atoms in total. The third kappa shape index (κ3) is 1.70. The van der Waals surface area contributed by atoms with E-state index in [1.807, 2.05) is 0 Å². The molecule has 3 rings (SSSR count). The van der Waals surface area contributed by atoms with Crippen LogP contribution in [0.4, 0.5) is 18.9 Å². The van der Waals surface area contributed by atoms with Crippen molar-refractivity contribution >= 4 is 23.4 Å². The van der Waals surface area contributed by atoms with Crippen LogP contribution in [-0.4, -0.2) is 10.7 Å². The maximum absolute atomic E-state index is 12.6. The third-order valence-corrected chi connectivity index (χ3v) is 4.98. The Labute approximate surface area is 106 Å². The second kappa shape index (κ2) is 3.66. The second-order valence-electron chi connectivity index (χ2n) is 4.61. The summed E-state index contributed by atoms with van der Waals surface area (Å²) in [5.74, 6) is -0.0778. The van der Waals surface area contributed by atoms with Crippen molar-refractivity contribution in [2.75, 3.05) is 5.32 Å². The lowest BCUT2D eigenvalue weighted by atomic mass is 9.83. The van der Waals surface area contributed by atoms with Crippen molar-refractivity contribution in [3.63, 3.8) is 0 Å². The number of fused-ring (bicyclic) bond motifs is 1. The van der Waals surface area contributed by atoms with E-state index < -0.39 is 16.5 Å². The van der Waals surface area contributed by atoms with Gasteiger partial charge in [-0.3, -0.25) is 4.79 Å². The highest BCUT2D eigenvalue weighted by atomic mass is 32.2. The first kappa shape index (κ1) is 11.9. The molecule has 1 aromatic carbocycles. The van der Waals surface area contributed by atoms with Crippen LogP contribution in [-0.2, 0) is 11.0 Å². The molecule has 1 aliphatic heterocycles. The molecule has 1 N–H and O–H groups in total. The fraction of sp³-hybridized carbons (Fsp3) is 0.417. The van der Waals surface area contributed by atoms with Gasteiger partial charge >= 0.3 is 6.18 Å². The molecule has 1 fully saturated rings. The maximum atomic E-state index is 12.6. The monoisotopic (exact) mass is 273 g/mol. The van der Waals surface area contributed by atoms with E-state index in [4.69, 9.17) is 0 Å². The molecule has 2 aliphatic rings. The molecule has 1 amide bonds. The molecule has 1 saturated carbocycles. The van der Waals surface area contributed by atoms with E-state index in [0.29, 0.717) is 10.6 Å². The van der Waals surface area contributed by atoms with Gasteiger partial charge in [0.25, 0.3) is 0 Å². The highest BCUT2D eigenvalue weighted by Gasteiger charge is 2.48. The van der Waals surface area contributed by atoms with Crippen LogP contribution < -0.4 is 5.32 Å². The van der Waals surface area contributed by atoms with Gasteiger partial charge in [-0.05, 0) is 37.5 Å². The number of anilines is 1. The number of nitrogens with one attached hydrogen (secondary N) is 1. The fourth-order valence-corrected chi connectivity index (χ4v) is 3.68. The largest absolute Gasteiger partial charge is 0.416 e. The summed E-state index contributed by atoms with van der Waals surface area (Å²) >= 11 is 1.27. The molecule has 0 saturated heterocycles. The van der Waals surface area contributed by atoms with Crippen molar-refractivity contribution in [2.45, 2.75) is 35.1 Å². The van der Waals surface area contributed by atoms with Crippen LogP contribution in [0.5, 0.6) is 0 Å². The smallest absolute Gasteiger partial charge is 0.324 e. The number of carbonyl (C=O) groups is 1. The summed E-state index contributed by atoms with van der Waals surface area (Å²) in [4.78, 5) is 12.4. The zero-order valence-corrected chi connectivity index (χ0v) is 10.1. The van der Waals surface area contributed by atoms with Crippen molar-refractivity contribution in [1.82, 2.24) is 0 Å². The zero-order valence-electron chi connectivity index (χ0n) is 9.30. The lowest BCUT2D eigenvalue weighted by Gasteiger charge is -2.42. The molecule has 0 atom stereocenters. The average Bonchev–Trinajstić information content (AvgIpc) is 2.24. The van der Waals surface area contributed by atoms with Crippen LogP contribution in [0, 0.1) is 0 Å². The quantitative estimate of drug-likeness (QED) is 0.781. The topological polar surface area (TPSA) is 29.1 Å². The van der Waals surface area contributed by atoms with E-state index in [-0.39, 0.29) is 5.91 Å². The van der Waals surface area contributed by atoms with Gasteiger partial charge in [0.05, 0.1) is 16.0 Å². The Kier molecular flexibility index (Phi) is 2.42. The van der Waals surface area contributed by atoms with Crippen molar-refractivity contribution in [3.8, 4) is 0 Å². The third-order valence-electron chi connectivity index (χ3n) is 3.44. The highest BCUT2D eigenvalue weighted by molar-refractivity contribution is 8.01. The van der Waals surface area contributed by atoms with E-state index in [0.717, 1.165) is 31.4 Å². The van der Waals surface area contributed by atoms with Crippen molar-refractivity contribution in [1.29, 1.82) is 0 Å². The number of hydrogen-bond donors (Lipinski definition) is 1. The molecule has 0 radical (unpaired) electrons. The molecular weight excluding hydrogens is 263 g/mol. The van der Waals surface area contributed by atoms with Crippen LogP contribution in [0.15, 0.2) is 23.1 Å². The minimum Gasteiger partial charge on any atom is -0.324 e. The fourth-order valence-electron chi connectivity index (χ4n) is 2.21. The van der Waals surface area contributed by atoms with Crippen LogP contribution >= 0.6 is 11.8 Å². The molecule has 18 heavy (non-hydrogen) atoms. The van der Waals surface area contributed by atoms with Gasteiger partial charge in [-0.25, -0.2) is 0 Å². The Balaban J connectivity index is 2.00. The minimum atomic E-state index is -4.34. The van der Waals surface area contributed by atoms with Gasteiger partial charge in [0.1, 0.15) is 0 Å². The number of hydrogen-bond acceptors (Lipinski definition) is 2. The maximum Gasteiger partial charge on any atom is 0.416 e. The van der Waals surface area contributed by atoms with Gasteiger partial charge in [-0.15, -0.1) is 11.8 Å². The summed E-state index contributed by atoms with van der Waals surface area (Å²) < 4.78 is 37.3. The van der Waals surface area contributed by atoms with Gasteiger partial charge in [-0.1, -0.05) is 0 Å². The first-order chi connectivity index (χ1) is 8.41. The highest BCUT2D eigenvalue weighted by Crippen LogP contribution is 2.53. The zero-order chi connectivity index (χ0) is 13.0. The normalized spacial score (nSPS) is 21.2. The van der Waals surface area contributed by atoms with Gasteiger partial charge in [-0.2, -0.15) is 13.2 Å². The number of thioether (sulfide) groups is 1. The van der Waals surface area contributed by atoms with Gasteiger partial charge in [0, 0.05) is 4.90 Å². The molecule has 96 valence electrons. The van der Waals surface area contributed by atoms with E-state index in [9.17, 15) is 18.0 Å². The number of amides is 1. The molecule has 0 aromatic heterocycles. The molecular formula is C12H10F3NOS. The predicted octanol–water partition coefficient (Wildman–Crippen LogP) is 3.67. The SMILES string of the molecule is O=C1Nc2ccc(C(F)(F)F)cc2SC12CCC2. The lowest BCUT2D eigenvalue weighted by molar-refractivity contribution is -0.137. The Morgan fingerprint density at radius 2 is 2.00 bits per heavy atom. The minimum absolute atomic E-state index is 0.0778. The first-order valence-electron chi connectivity index (χ1n) is 5.62. The van der Waals surface area contributed by atoms with Gasteiger partial charge < -0.3 is 5.32 Å². The predicted molar refractivity (Wildman–Crippen MR) is 62.5 cm³/mol. The molecule has 1 spiro atoms. The number of halogens is 3. The second-order valence-corrected chi connectivity index (χ2v) is 6.04. The summed E-state index contributed by atoms with van der Waals surface area (Å²) in [5.41, 5.74) is -0.185. The van der Waals surface area contributed by atoms with Crippen LogP contribution in [0.25, 0.3) is 0 Å². The molecule has 0 bridgehead atoms. The first-order valence-corrected chi connectivity index (χ1v) is 6.44. The summed E-state index contributed by atoms with van der Waals surface area (Å²) in [6, 6.07) is 3.45. The average molecular weight is 273 g/mol. The number of rotatable bonds is 0. The van der Waals surface area contributed by atoms with Crippen molar-refractivity contribution < 1.29 is 18.0 Å². The van der Waals surface area contributed by atoms with E-state index in [2.05, 4.69) is 5.32 Å². The summed E-state index contributed by atoms with van der Waals surface area (Å²) in [6.45, 7) is 0. The lowest BCUT2D eigenvalue weighted by Crippen LogP contribution is -2.47. The Morgan fingerprint density at radius 1 is 1.28 bits per heavy atom. The van der Waals surface area contributed by atoms with Crippen LogP contribution in [0.2, 0.25) is 0 Å². The van der Waals surface area contributed by atoms with Crippen LogP contribution in [0.3, 0.4) is 0 Å². The summed E-state index contributed by atoms with van der Waals surface area (Å²) in [5, 5.41) is 2.70. The van der Waals surface area contributed by atoms with Crippen molar-refractivity contribution in [2.24, 2.45) is 0 Å². The van der Waals surface area contributed by atoms with Crippen LogP contribution in [0.1, 0.15) is 24.8 Å². The standard InChI is InChI=1S/C12H10F3NOS/c13-12(14,15)7-2-3-8-9(6-7)18-11(4-1-5-11)10(17)16-8/h2-3,6H,1,4-5H2,(H,16,17). The molecule has 1 aromatic rings. The van der Waals surface area contributed by atoms with Gasteiger partial charge in [0.15, 0.2) is 0 Å². The van der Waals surface area contributed by atoms with E-state index in [1.165, 1.54) is 17.8 Å².